The summed E-state index contributed by atoms with van der Waals surface area (Å²) >= 11 is 0. The number of rotatable bonds is 1. The first-order valence-electron chi connectivity index (χ1n) is 10.2. The molecule has 0 saturated heterocycles. The zero-order valence-electron chi connectivity index (χ0n) is 15.3. The van der Waals surface area contributed by atoms with E-state index in [4.69, 9.17) is 0 Å². The molecule has 4 rings (SSSR count). The van der Waals surface area contributed by atoms with E-state index < -0.39 is 0 Å². The van der Waals surface area contributed by atoms with Gasteiger partial charge in [-0.25, -0.2) is 0 Å². The molecule has 0 spiro atoms. The van der Waals surface area contributed by atoms with Crippen LogP contribution in [0.3, 0.4) is 0 Å². The average Bonchev–Trinajstić information content (AvgIpc) is 2.85. The van der Waals surface area contributed by atoms with E-state index >= 15 is 0 Å². The van der Waals surface area contributed by atoms with Crippen LogP contribution in [0.5, 0.6) is 0 Å². The van der Waals surface area contributed by atoms with Crippen LogP contribution in [-0.2, 0) is 0 Å². The molecule has 0 heterocycles. The molecule has 132 valence electrons. The molecule has 4 saturated carbocycles. The minimum Gasteiger partial charge on any atom is -0.393 e. The van der Waals surface area contributed by atoms with Crippen LogP contribution in [0.15, 0.2) is 0 Å². The lowest BCUT2D eigenvalue weighted by atomic mass is 9.44. The van der Waals surface area contributed by atoms with Crippen molar-refractivity contribution in [2.24, 2.45) is 40.4 Å². The minimum absolute atomic E-state index is 0.0374. The van der Waals surface area contributed by atoms with Gasteiger partial charge in [-0.05, 0) is 105 Å². The van der Waals surface area contributed by atoms with Crippen LogP contribution < -0.4 is 0 Å². The fourth-order valence-corrected chi connectivity index (χ4v) is 8.07. The minimum atomic E-state index is -0.140. The maximum atomic E-state index is 10.3. The number of aliphatic hydroxyl groups is 2. The van der Waals surface area contributed by atoms with E-state index in [-0.39, 0.29) is 12.2 Å². The molecule has 0 aromatic carbocycles. The van der Waals surface area contributed by atoms with Gasteiger partial charge in [-0.3, -0.25) is 0 Å². The molecule has 0 amide bonds. The highest BCUT2D eigenvalue weighted by Crippen LogP contribution is 2.67. The van der Waals surface area contributed by atoms with Crippen molar-refractivity contribution in [2.45, 2.75) is 90.8 Å². The molecule has 4 aliphatic carbocycles. The van der Waals surface area contributed by atoms with Crippen molar-refractivity contribution < 1.29 is 10.2 Å². The molecule has 2 N–H and O–H groups in total. The Hall–Kier alpha value is -0.0800. The number of fused-ring (bicyclic) bond motifs is 5. The Morgan fingerprint density at radius 3 is 2.30 bits per heavy atom. The molecule has 23 heavy (non-hydrogen) atoms. The van der Waals surface area contributed by atoms with Crippen LogP contribution in [0.2, 0.25) is 0 Å². The van der Waals surface area contributed by atoms with Crippen molar-refractivity contribution in [3.05, 3.63) is 0 Å². The van der Waals surface area contributed by atoms with E-state index in [0.29, 0.717) is 16.7 Å². The van der Waals surface area contributed by atoms with Gasteiger partial charge in [0.2, 0.25) is 0 Å². The molecule has 0 radical (unpaired) electrons. The summed E-state index contributed by atoms with van der Waals surface area (Å²) in [5, 5.41) is 20.4. The average molecular weight is 321 g/mol. The summed E-state index contributed by atoms with van der Waals surface area (Å²) in [6, 6.07) is 0. The molecule has 4 fully saturated rings. The topological polar surface area (TPSA) is 40.5 Å². The van der Waals surface area contributed by atoms with Crippen LogP contribution in [0.1, 0.15) is 78.6 Å². The van der Waals surface area contributed by atoms with E-state index in [1.807, 2.05) is 6.92 Å². The summed E-state index contributed by atoms with van der Waals surface area (Å²) in [5.41, 5.74) is 0.860. The Morgan fingerprint density at radius 2 is 1.57 bits per heavy atom. The molecular weight excluding hydrogens is 284 g/mol. The van der Waals surface area contributed by atoms with Gasteiger partial charge in [-0.15, -0.1) is 0 Å². The largest absolute Gasteiger partial charge is 0.393 e. The number of aliphatic hydroxyl groups excluding tert-OH is 2. The van der Waals surface area contributed by atoms with Crippen LogP contribution in [-0.4, -0.2) is 22.4 Å². The fraction of sp³-hybridized carbons (Fsp3) is 1.00. The molecular formula is C21H36O2. The predicted molar refractivity (Wildman–Crippen MR) is 92.9 cm³/mol. The Morgan fingerprint density at radius 1 is 0.870 bits per heavy atom. The van der Waals surface area contributed by atoms with Crippen LogP contribution in [0.4, 0.5) is 0 Å². The first-order chi connectivity index (χ1) is 10.9. The highest BCUT2D eigenvalue weighted by Gasteiger charge is 2.60. The van der Waals surface area contributed by atoms with Crippen LogP contribution in [0.25, 0.3) is 0 Å². The zero-order valence-corrected chi connectivity index (χ0v) is 15.3. The van der Waals surface area contributed by atoms with Gasteiger partial charge < -0.3 is 10.2 Å². The summed E-state index contributed by atoms with van der Waals surface area (Å²) in [7, 11) is 0. The van der Waals surface area contributed by atoms with Crippen molar-refractivity contribution in [1.82, 2.24) is 0 Å². The summed E-state index contributed by atoms with van der Waals surface area (Å²) < 4.78 is 0. The third-order valence-corrected chi connectivity index (χ3v) is 9.29. The van der Waals surface area contributed by atoms with Gasteiger partial charge in [0, 0.05) is 0 Å². The highest BCUT2D eigenvalue weighted by atomic mass is 16.3. The molecule has 0 bridgehead atoms. The lowest BCUT2D eigenvalue weighted by Gasteiger charge is -2.61. The molecule has 9 atom stereocenters. The maximum absolute atomic E-state index is 10.3. The van der Waals surface area contributed by atoms with E-state index in [1.165, 1.54) is 44.9 Å². The van der Waals surface area contributed by atoms with Crippen molar-refractivity contribution in [3.8, 4) is 0 Å². The quantitative estimate of drug-likeness (QED) is 0.752. The summed E-state index contributed by atoms with van der Waals surface area (Å²) in [4.78, 5) is 0. The van der Waals surface area contributed by atoms with Crippen molar-refractivity contribution in [1.29, 1.82) is 0 Å². The summed E-state index contributed by atoms with van der Waals surface area (Å²) in [6.07, 6.45) is 11.1. The molecule has 4 aliphatic rings. The smallest absolute Gasteiger partial charge is 0.0545 e. The molecule has 2 nitrogen and oxygen atoms in total. The lowest BCUT2D eigenvalue weighted by Crippen LogP contribution is -2.54. The summed E-state index contributed by atoms with van der Waals surface area (Å²) in [5.74, 6) is 3.87. The van der Waals surface area contributed by atoms with Crippen LogP contribution >= 0.6 is 0 Å². The van der Waals surface area contributed by atoms with Gasteiger partial charge in [0.15, 0.2) is 0 Å². The van der Waals surface area contributed by atoms with E-state index in [9.17, 15) is 10.2 Å². The van der Waals surface area contributed by atoms with Crippen LogP contribution in [0, 0.1) is 40.4 Å². The molecule has 0 aromatic rings. The predicted octanol–water partition coefficient (Wildman–Crippen LogP) is 4.39. The molecule has 2 heteroatoms. The highest BCUT2D eigenvalue weighted by molar-refractivity contribution is 5.09. The summed E-state index contributed by atoms with van der Waals surface area (Å²) in [6.45, 7) is 7.08. The molecule has 0 unspecified atom stereocenters. The number of hydrogen-bond donors (Lipinski definition) is 2. The third-order valence-electron chi connectivity index (χ3n) is 9.29. The van der Waals surface area contributed by atoms with Crippen molar-refractivity contribution in [3.63, 3.8) is 0 Å². The van der Waals surface area contributed by atoms with E-state index in [2.05, 4.69) is 13.8 Å². The number of hydrogen-bond acceptors (Lipinski definition) is 2. The second kappa shape index (κ2) is 5.46. The Labute approximate surface area is 142 Å². The lowest BCUT2D eigenvalue weighted by molar-refractivity contribution is -0.132. The van der Waals surface area contributed by atoms with Gasteiger partial charge in [-0.1, -0.05) is 13.8 Å². The molecule has 0 aromatic heterocycles. The third kappa shape index (κ3) is 2.27. The van der Waals surface area contributed by atoms with Gasteiger partial charge in [0.05, 0.1) is 12.2 Å². The van der Waals surface area contributed by atoms with Gasteiger partial charge >= 0.3 is 0 Å². The zero-order chi connectivity index (χ0) is 16.4. The molecule has 0 aliphatic heterocycles. The first-order valence-corrected chi connectivity index (χ1v) is 10.2. The normalized spacial score (nSPS) is 57.3. The Balaban J connectivity index is 1.60. The van der Waals surface area contributed by atoms with Crippen molar-refractivity contribution in [2.75, 3.05) is 0 Å². The Bertz CT molecular complexity index is 461. The monoisotopic (exact) mass is 320 g/mol. The fourth-order valence-electron chi connectivity index (χ4n) is 8.07. The maximum Gasteiger partial charge on any atom is 0.0545 e. The van der Waals surface area contributed by atoms with Gasteiger partial charge in [0.25, 0.3) is 0 Å². The second-order valence-corrected chi connectivity index (χ2v) is 10.1. The van der Waals surface area contributed by atoms with Crippen molar-refractivity contribution >= 4 is 0 Å². The standard InChI is InChI=1S/C21H36O2/c1-13(22)17-6-7-18-16-5-4-14-12-15(23)8-10-20(14,2)19(16)9-11-21(17,18)3/h13-19,22-23H,4-12H2,1-3H3/t13-,14-,15-,16-,17-,18+,19+,20-,21+/m0/s1. The van der Waals surface area contributed by atoms with E-state index in [1.54, 1.807) is 0 Å². The Kier molecular flexibility index (Phi) is 3.89. The first kappa shape index (κ1) is 16.4. The SMILES string of the molecule is C[C@H](O)[C@@H]1CC[C@@H]2[C@@H]3CC[C@H]4C[C@@H](O)CC[C@]4(C)[C@@H]3CC[C@@]21C. The van der Waals surface area contributed by atoms with E-state index in [0.717, 1.165) is 36.5 Å². The van der Waals surface area contributed by atoms with Gasteiger partial charge in [-0.2, -0.15) is 0 Å². The second-order valence-electron chi connectivity index (χ2n) is 10.1. The van der Waals surface area contributed by atoms with Gasteiger partial charge in [0.1, 0.15) is 0 Å².